The zero-order chi connectivity index (χ0) is 13.8. The largest absolute Gasteiger partial charge is 0.332 e. The summed E-state index contributed by atoms with van der Waals surface area (Å²) in [6.45, 7) is 12.0. The van der Waals surface area contributed by atoms with Crippen LogP contribution in [-0.2, 0) is 12.1 Å². The number of hydrogen-bond donors (Lipinski definition) is 1. The number of imidazole rings is 1. The van der Waals surface area contributed by atoms with Gasteiger partial charge in [0.2, 0.25) is 0 Å². The van der Waals surface area contributed by atoms with Gasteiger partial charge in [-0.05, 0) is 25.7 Å². The molecule has 0 spiro atoms. The average Bonchev–Trinajstić information content (AvgIpc) is 2.64. The first kappa shape index (κ1) is 15.2. The molecular formula is C15H29N3. The van der Waals surface area contributed by atoms with Gasteiger partial charge in [-0.1, -0.05) is 40.0 Å². The second kappa shape index (κ2) is 5.87. The smallest absolute Gasteiger partial charge is 0.0948 e. The van der Waals surface area contributed by atoms with E-state index in [4.69, 9.17) is 5.73 Å². The summed E-state index contributed by atoms with van der Waals surface area (Å²) in [6, 6.07) is 0. The molecule has 0 aliphatic carbocycles. The van der Waals surface area contributed by atoms with Crippen molar-refractivity contribution in [2.24, 2.45) is 11.1 Å². The maximum Gasteiger partial charge on any atom is 0.0948 e. The molecule has 2 N–H and O–H groups in total. The molecule has 0 saturated heterocycles. The summed E-state index contributed by atoms with van der Waals surface area (Å²) in [6.07, 6.45) is 8.96. The van der Waals surface area contributed by atoms with Crippen molar-refractivity contribution in [3.8, 4) is 0 Å². The Labute approximate surface area is 112 Å². The third-order valence-corrected chi connectivity index (χ3v) is 3.43. The predicted molar refractivity (Wildman–Crippen MR) is 77.4 cm³/mol. The molecule has 0 unspecified atom stereocenters. The number of nitrogens with two attached hydrogens (primary N) is 1. The maximum atomic E-state index is 6.18. The van der Waals surface area contributed by atoms with E-state index < -0.39 is 0 Å². The molecule has 3 nitrogen and oxygen atoms in total. The second-order valence-corrected chi connectivity index (χ2v) is 6.75. The molecular weight excluding hydrogens is 222 g/mol. The van der Waals surface area contributed by atoms with E-state index in [2.05, 4.69) is 30.3 Å². The summed E-state index contributed by atoms with van der Waals surface area (Å²) in [5.74, 6) is 0. The van der Waals surface area contributed by atoms with Crippen LogP contribution in [0.25, 0.3) is 0 Å². The van der Waals surface area contributed by atoms with Crippen LogP contribution < -0.4 is 5.73 Å². The van der Waals surface area contributed by atoms with Crippen molar-refractivity contribution >= 4 is 0 Å². The molecule has 0 atom stereocenters. The fourth-order valence-corrected chi connectivity index (χ4v) is 2.38. The summed E-state index contributed by atoms with van der Waals surface area (Å²) < 4.78 is 2.21. The minimum Gasteiger partial charge on any atom is -0.332 e. The van der Waals surface area contributed by atoms with Crippen LogP contribution >= 0.6 is 0 Å². The van der Waals surface area contributed by atoms with E-state index in [0.717, 1.165) is 12.2 Å². The van der Waals surface area contributed by atoms with Crippen LogP contribution in [-0.4, -0.2) is 9.55 Å². The third-order valence-electron chi connectivity index (χ3n) is 3.43. The molecule has 0 fully saturated rings. The van der Waals surface area contributed by atoms with Crippen molar-refractivity contribution in [3.63, 3.8) is 0 Å². The molecule has 0 bridgehead atoms. The highest BCUT2D eigenvalue weighted by Gasteiger charge is 2.24. The lowest BCUT2D eigenvalue weighted by Gasteiger charge is -2.29. The highest BCUT2D eigenvalue weighted by Crippen LogP contribution is 2.28. The Morgan fingerprint density at radius 3 is 2.44 bits per heavy atom. The molecule has 104 valence electrons. The van der Waals surface area contributed by atoms with E-state index in [1.807, 2.05) is 26.4 Å². The van der Waals surface area contributed by atoms with Gasteiger partial charge in [0.1, 0.15) is 0 Å². The van der Waals surface area contributed by atoms with Crippen LogP contribution in [0, 0.1) is 5.41 Å². The van der Waals surface area contributed by atoms with E-state index >= 15 is 0 Å². The number of nitrogens with zero attached hydrogens (tertiary/aromatic N) is 2. The summed E-state index contributed by atoms with van der Waals surface area (Å²) in [5.41, 5.74) is 7.28. The lowest BCUT2D eigenvalue weighted by atomic mass is 9.86. The first-order valence-electron chi connectivity index (χ1n) is 7.06. The number of aromatic nitrogens is 2. The van der Waals surface area contributed by atoms with E-state index in [9.17, 15) is 0 Å². The van der Waals surface area contributed by atoms with Crippen molar-refractivity contribution in [2.45, 2.75) is 72.4 Å². The van der Waals surface area contributed by atoms with Crippen LogP contribution in [0.3, 0.4) is 0 Å². The van der Waals surface area contributed by atoms with Gasteiger partial charge >= 0.3 is 0 Å². The summed E-state index contributed by atoms with van der Waals surface area (Å²) in [4.78, 5) is 4.25. The average molecular weight is 251 g/mol. The molecule has 3 heteroatoms. The third kappa shape index (κ3) is 4.45. The Morgan fingerprint density at radius 1 is 1.22 bits per heavy atom. The molecule has 0 aliphatic heterocycles. The molecule has 1 aromatic rings. The molecule has 1 heterocycles. The van der Waals surface area contributed by atoms with Crippen LogP contribution in [0.1, 0.15) is 66.0 Å². The summed E-state index contributed by atoms with van der Waals surface area (Å²) >= 11 is 0. The van der Waals surface area contributed by atoms with Gasteiger partial charge in [0, 0.05) is 12.7 Å². The maximum absolute atomic E-state index is 6.18. The van der Waals surface area contributed by atoms with Crippen molar-refractivity contribution in [1.82, 2.24) is 9.55 Å². The second-order valence-electron chi connectivity index (χ2n) is 6.75. The Bertz CT molecular complexity index is 358. The summed E-state index contributed by atoms with van der Waals surface area (Å²) in [7, 11) is 0. The Morgan fingerprint density at radius 2 is 1.89 bits per heavy atom. The van der Waals surface area contributed by atoms with Gasteiger partial charge in [-0.3, -0.25) is 0 Å². The normalized spacial score (nSPS) is 13.0. The minimum atomic E-state index is -0.323. The van der Waals surface area contributed by atoms with E-state index in [0.29, 0.717) is 5.41 Å². The zero-order valence-electron chi connectivity index (χ0n) is 12.7. The van der Waals surface area contributed by atoms with Gasteiger partial charge in [0.25, 0.3) is 0 Å². The van der Waals surface area contributed by atoms with Crippen LogP contribution in [0.4, 0.5) is 0 Å². The van der Waals surface area contributed by atoms with E-state index in [1.165, 1.54) is 25.7 Å². The first-order valence-corrected chi connectivity index (χ1v) is 7.06. The van der Waals surface area contributed by atoms with Crippen LogP contribution in [0.2, 0.25) is 0 Å². The topological polar surface area (TPSA) is 43.8 Å². The molecule has 1 aromatic heterocycles. The van der Waals surface area contributed by atoms with Gasteiger partial charge in [-0.15, -0.1) is 0 Å². The number of rotatable bonds is 7. The lowest BCUT2D eigenvalue weighted by Crippen LogP contribution is -2.33. The van der Waals surface area contributed by atoms with Gasteiger partial charge < -0.3 is 10.3 Å². The molecule has 1 rings (SSSR count). The molecule has 0 radical (unpaired) electrons. The van der Waals surface area contributed by atoms with E-state index in [1.54, 1.807) is 0 Å². The SMILES string of the molecule is CCCCCC(C)(C)Cn1cncc1C(C)(C)N. The highest BCUT2D eigenvalue weighted by atomic mass is 15.1. The Kier molecular flexibility index (Phi) is 4.97. The highest BCUT2D eigenvalue weighted by molar-refractivity contribution is 5.10. The van der Waals surface area contributed by atoms with Crippen LogP contribution in [0.5, 0.6) is 0 Å². The predicted octanol–water partition coefficient (Wildman–Crippen LogP) is 3.68. The monoisotopic (exact) mass is 251 g/mol. The Hall–Kier alpha value is -0.830. The van der Waals surface area contributed by atoms with Crippen molar-refractivity contribution in [1.29, 1.82) is 0 Å². The number of hydrogen-bond acceptors (Lipinski definition) is 2. The van der Waals surface area contributed by atoms with Crippen molar-refractivity contribution in [2.75, 3.05) is 0 Å². The fraction of sp³-hybridized carbons (Fsp3) is 0.800. The first-order chi connectivity index (χ1) is 8.26. The zero-order valence-corrected chi connectivity index (χ0v) is 12.7. The lowest BCUT2D eigenvalue weighted by molar-refractivity contribution is 0.263. The molecule has 0 aliphatic rings. The minimum absolute atomic E-state index is 0.301. The quantitative estimate of drug-likeness (QED) is 0.751. The fourth-order valence-electron chi connectivity index (χ4n) is 2.38. The van der Waals surface area contributed by atoms with Crippen LogP contribution in [0.15, 0.2) is 12.5 Å². The van der Waals surface area contributed by atoms with Crippen molar-refractivity contribution < 1.29 is 0 Å². The van der Waals surface area contributed by atoms with E-state index in [-0.39, 0.29) is 5.54 Å². The molecule has 0 amide bonds. The molecule has 0 saturated carbocycles. The van der Waals surface area contributed by atoms with Gasteiger partial charge in [-0.2, -0.15) is 0 Å². The summed E-state index contributed by atoms with van der Waals surface area (Å²) in [5, 5.41) is 0. The van der Waals surface area contributed by atoms with Gasteiger partial charge in [-0.25, -0.2) is 4.98 Å². The Balaban J connectivity index is 2.69. The van der Waals surface area contributed by atoms with Crippen molar-refractivity contribution in [3.05, 3.63) is 18.2 Å². The van der Waals surface area contributed by atoms with Gasteiger partial charge in [0.15, 0.2) is 0 Å². The number of unbranched alkanes of at least 4 members (excludes halogenated alkanes) is 2. The molecule has 18 heavy (non-hydrogen) atoms. The van der Waals surface area contributed by atoms with Gasteiger partial charge in [0.05, 0.1) is 17.6 Å². The molecule has 0 aromatic carbocycles. The standard InChI is InChI=1S/C15H29N3/c1-6-7-8-9-14(2,3)11-18-12-17-10-13(18)15(4,5)16/h10,12H,6-9,11,16H2,1-5H3.